The van der Waals surface area contributed by atoms with E-state index in [0.29, 0.717) is 12.1 Å². The first-order valence-corrected chi connectivity index (χ1v) is 6.72. The molecule has 1 heterocycles. The van der Waals surface area contributed by atoms with Crippen molar-refractivity contribution in [3.63, 3.8) is 0 Å². The fourth-order valence-corrected chi connectivity index (χ4v) is 2.38. The molecule has 0 atom stereocenters. The average molecular weight is 369 g/mol. The highest BCUT2D eigenvalue weighted by molar-refractivity contribution is 14.1. The van der Waals surface area contributed by atoms with E-state index in [0.717, 1.165) is 9.13 Å². The lowest BCUT2D eigenvalue weighted by Gasteiger charge is -2.08. The molecular weight excluding hydrogens is 357 g/mol. The zero-order valence-corrected chi connectivity index (χ0v) is 12.5. The van der Waals surface area contributed by atoms with Crippen molar-refractivity contribution in [2.75, 3.05) is 7.11 Å². The number of hydrogen-bond acceptors (Lipinski definition) is 3. The van der Waals surface area contributed by atoms with Crippen LogP contribution in [0, 0.1) is 3.57 Å². The van der Waals surface area contributed by atoms with E-state index < -0.39 is 0 Å². The van der Waals surface area contributed by atoms with Gasteiger partial charge in [-0.05, 0) is 46.4 Å². The molecule has 1 aromatic heterocycles. The lowest BCUT2D eigenvalue weighted by molar-refractivity contribution is 0.0600. The number of methoxy groups -OCH3 is 1. The maximum Gasteiger partial charge on any atom is 0.337 e. The Balaban J connectivity index is 2.30. The fraction of sp³-hybridized carbons (Fsp3) is 0.143. The number of esters is 1. The summed E-state index contributed by atoms with van der Waals surface area (Å²) >= 11 is 2.15. The molecule has 2 rings (SSSR count). The Morgan fingerprint density at radius 1 is 1.32 bits per heavy atom. The summed E-state index contributed by atoms with van der Waals surface area (Å²) in [6, 6.07) is 10.4. The van der Waals surface area contributed by atoms with Crippen LogP contribution < -0.4 is 5.56 Å². The molecule has 4 nitrogen and oxygen atoms in total. The molecule has 0 unspecified atom stereocenters. The minimum absolute atomic E-state index is 0.0460. The molecule has 0 N–H and O–H groups in total. The lowest BCUT2D eigenvalue weighted by atomic mass is 10.1. The second-order valence-corrected chi connectivity index (χ2v) is 5.13. The van der Waals surface area contributed by atoms with Gasteiger partial charge in [-0.25, -0.2) is 4.79 Å². The SMILES string of the molecule is COC(=O)c1ccc(Cn2ccccc2=O)c(I)c1. The first-order valence-electron chi connectivity index (χ1n) is 5.64. The van der Waals surface area contributed by atoms with E-state index in [1.54, 1.807) is 29.0 Å². The largest absolute Gasteiger partial charge is 0.465 e. The maximum absolute atomic E-state index is 11.6. The molecule has 0 aliphatic heterocycles. The van der Waals surface area contributed by atoms with E-state index >= 15 is 0 Å². The van der Waals surface area contributed by atoms with Gasteiger partial charge in [-0.2, -0.15) is 0 Å². The Bertz CT molecular complexity index is 664. The van der Waals surface area contributed by atoms with Crippen molar-refractivity contribution >= 4 is 28.6 Å². The summed E-state index contributed by atoms with van der Waals surface area (Å²) in [5.74, 6) is -0.360. The molecule has 19 heavy (non-hydrogen) atoms. The molecular formula is C14H12INO3. The van der Waals surface area contributed by atoms with Crippen molar-refractivity contribution in [1.29, 1.82) is 0 Å². The molecule has 0 aliphatic carbocycles. The molecule has 0 saturated heterocycles. The van der Waals surface area contributed by atoms with Crippen LogP contribution in [0.15, 0.2) is 47.4 Å². The Kier molecular flexibility index (Phi) is 4.36. The van der Waals surface area contributed by atoms with Gasteiger partial charge in [0.1, 0.15) is 0 Å². The average Bonchev–Trinajstić information content (AvgIpc) is 2.42. The third kappa shape index (κ3) is 3.23. The molecule has 0 amide bonds. The Morgan fingerprint density at radius 2 is 2.11 bits per heavy atom. The highest BCUT2D eigenvalue weighted by Gasteiger charge is 2.08. The standard InChI is InChI=1S/C14H12INO3/c1-19-14(18)10-5-6-11(12(15)8-10)9-16-7-3-2-4-13(16)17/h2-8H,9H2,1H3. The number of hydrogen-bond donors (Lipinski definition) is 0. The van der Waals surface area contributed by atoms with Crippen LogP contribution in [0.2, 0.25) is 0 Å². The highest BCUT2D eigenvalue weighted by atomic mass is 127. The van der Waals surface area contributed by atoms with Crippen LogP contribution in [0.25, 0.3) is 0 Å². The summed E-state index contributed by atoms with van der Waals surface area (Å²) in [7, 11) is 1.35. The van der Waals surface area contributed by atoms with Crippen molar-refractivity contribution < 1.29 is 9.53 Å². The number of halogens is 1. The van der Waals surface area contributed by atoms with E-state index in [1.807, 2.05) is 12.1 Å². The predicted octanol–water partition coefficient (Wildman–Crippen LogP) is 2.29. The van der Waals surface area contributed by atoms with Gasteiger partial charge >= 0.3 is 5.97 Å². The number of aromatic nitrogens is 1. The van der Waals surface area contributed by atoms with Crippen molar-refractivity contribution in [3.8, 4) is 0 Å². The smallest absolute Gasteiger partial charge is 0.337 e. The van der Waals surface area contributed by atoms with Gasteiger partial charge in [0.05, 0.1) is 19.2 Å². The summed E-state index contributed by atoms with van der Waals surface area (Å²) in [5.41, 5.74) is 1.45. The molecule has 2 aromatic rings. The van der Waals surface area contributed by atoms with E-state index in [9.17, 15) is 9.59 Å². The van der Waals surface area contributed by atoms with Gasteiger partial charge < -0.3 is 9.30 Å². The second kappa shape index (κ2) is 6.01. The van der Waals surface area contributed by atoms with Crippen molar-refractivity contribution in [3.05, 3.63) is 67.6 Å². The third-order valence-electron chi connectivity index (χ3n) is 2.71. The summed E-state index contributed by atoms with van der Waals surface area (Å²) in [5, 5.41) is 0. The zero-order valence-electron chi connectivity index (χ0n) is 10.3. The number of pyridine rings is 1. The van der Waals surface area contributed by atoms with Crippen LogP contribution in [-0.2, 0) is 11.3 Å². The number of ether oxygens (including phenoxy) is 1. The molecule has 1 aromatic carbocycles. The lowest BCUT2D eigenvalue weighted by Crippen LogP contribution is -2.18. The monoisotopic (exact) mass is 369 g/mol. The predicted molar refractivity (Wildman–Crippen MR) is 80.3 cm³/mol. The molecule has 0 bridgehead atoms. The summed E-state index contributed by atoms with van der Waals surface area (Å²) in [6.45, 7) is 0.486. The molecule has 0 radical (unpaired) electrons. The van der Waals surface area contributed by atoms with Crippen LogP contribution in [0.3, 0.4) is 0 Å². The van der Waals surface area contributed by atoms with E-state index in [4.69, 9.17) is 0 Å². The Morgan fingerprint density at radius 3 is 2.74 bits per heavy atom. The van der Waals surface area contributed by atoms with Crippen LogP contribution >= 0.6 is 22.6 Å². The molecule has 98 valence electrons. The number of carbonyl (C=O) groups excluding carboxylic acids is 1. The minimum atomic E-state index is -0.360. The zero-order chi connectivity index (χ0) is 13.8. The molecule has 0 spiro atoms. The van der Waals surface area contributed by atoms with Gasteiger partial charge in [-0.1, -0.05) is 12.1 Å². The summed E-state index contributed by atoms with van der Waals surface area (Å²) < 4.78 is 7.22. The molecule has 5 heteroatoms. The topological polar surface area (TPSA) is 48.3 Å². The molecule has 0 fully saturated rings. The van der Waals surface area contributed by atoms with Crippen LogP contribution in [0.4, 0.5) is 0 Å². The number of rotatable bonds is 3. The Labute approximate surface area is 124 Å². The van der Waals surface area contributed by atoms with E-state index in [2.05, 4.69) is 27.3 Å². The molecule has 0 saturated carbocycles. The van der Waals surface area contributed by atoms with E-state index in [-0.39, 0.29) is 11.5 Å². The van der Waals surface area contributed by atoms with Gasteiger partial charge in [-0.15, -0.1) is 0 Å². The van der Waals surface area contributed by atoms with Crippen LogP contribution in [-0.4, -0.2) is 17.6 Å². The highest BCUT2D eigenvalue weighted by Crippen LogP contribution is 2.16. The first-order chi connectivity index (χ1) is 9.11. The second-order valence-electron chi connectivity index (χ2n) is 3.96. The number of benzene rings is 1. The number of nitrogens with zero attached hydrogens (tertiary/aromatic N) is 1. The number of carbonyl (C=O) groups is 1. The maximum atomic E-state index is 11.6. The van der Waals surface area contributed by atoms with Gasteiger partial charge in [-0.3, -0.25) is 4.79 Å². The summed E-state index contributed by atoms with van der Waals surface area (Å²) in [4.78, 5) is 23.1. The van der Waals surface area contributed by atoms with Crippen LogP contribution in [0.5, 0.6) is 0 Å². The van der Waals surface area contributed by atoms with Crippen molar-refractivity contribution in [2.45, 2.75) is 6.54 Å². The van der Waals surface area contributed by atoms with E-state index in [1.165, 1.54) is 13.2 Å². The normalized spacial score (nSPS) is 10.2. The van der Waals surface area contributed by atoms with Crippen LogP contribution in [0.1, 0.15) is 15.9 Å². The minimum Gasteiger partial charge on any atom is -0.465 e. The Hall–Kier alpha value is -1.63. The quantitative estimate of drug-likeness (QED) is 0.616. The van der Waals surface area contributed by atoms with Crippen molar-refractivity contribution in [1.82, 2.24) is 4.57 Å². The van der Waals surface area contributed by atoms with Gasteiger partial charge in [0, 0.05) is 15.8 Å². The van der Waals surface area contributed by atoms with Gasteiger partial charge in [0.15, 0.2) is 0 Å². The van der Waals surface area contributed by atoms with Crippen molar-refractivity contribution in [2.24, 2.45) is 0 Å². The molecule has 0 aliphatic rings. The third-order valence-corrected chi connectivity index (χ3v) is 3.72. The van der Waals surface area contributed by atoms with Gasteiger partial charge in [0.2, 0.25) is 0 Å². The van der Waals surface area contributed by atoms with Gasteiger partial charge in [0.25, 0.3) is 5.56 Å². The summed E-state index contributed by atoms with van der Waals surface area (Å²) in [6.07, 6.45) is 1.74. The fourth-order valence-electron chi connectivity index (χ4n) is 1.70. The first kappa shape index (κ1) is 13.8.